The van der Waals surface area contributed by atoms with Crippen LogP contribution < -0.4 is 0 Å². The SMILES string of the molecule is CCCCC(=O)OC(=O)c1ccccc1F. The minimum absolute atomic E-state index is 0.177. The lowest BCUT2D eigenvalue weighted by Gasteiger charge is -2.03. The van der Waals surface area contributed by atoms with Gasteiger partial charge in [-0.1, -0.05) is 25.5 Å². The van der Waals surface area contributed by atoms with Crippen molar-refractivity contribution in [2.75, 3.05) is 0 Å². The van der Waals surface area contributed by atoms with Gasteiger partial charge in [-0.25, -0.2) is 9.18 Å². The predicted molar refractivity (Wildman–Crippen MR) is 56.3 cm³/mol. The molecule has 86 valence electrons. The van der Waals surface area contributed by atoms with Crippen LogP contribution in [0.4, 0.5) is 4.39 Å². The molecule has 0 aliphatic carbocycles. The number of esters is 2. The Kier molecular flexibility index (Phi) is 4.64. The number of rotatable bonds is 4. The average Bonchev–Trinajstić information content (AvgIpc) is 2.26. The van der Waals surface area contributed by atoms with Gasteiger partial charge in [0.2, 0.25) is 0 Å². The summed E-state index contributed by atoms with van der Waals surface area (Å²) in [6, 6.07) is 5.40. The fraction of sp³-hybridized carbons (Fsp3) is 0.333. The van der Waals surface area contributed by atoms with Crippen molar-refractivity contribution in [1.29, 1.82) is 0 Å². The van der Waals surface area contributed by atoms with Crippen molar-refractivity contribution in [2.24, 2.45) is 0 Å². The van der Waals surface area contributed by atoms with E-state index in [-0.39, 0.29) is 12.0 Å². The third-order valence-electron chi connectivity index (χ3n) is 2.03. The van der Waals surface area contributed by atoms with Gasteiger partial charge < -0.3 is 4.74 Å². The van der Waals surface area contributed by atoms with Gasteiger partial charge in [0, 0.05) is 6.42 Å². The van der Waals surface area contributed by atoms with Crippen LogP contribution in [0.5, 0.6) is 0 Å². The van der Waals surface area contributed by atoms with Crippen molar-refractivity contribution >= 4 is 11.9 Å². The first-order chi connectivity index (χ1) is 7.65. The van der Waals surface area contributed by atoms with Crippen molar-refractivity contribution in [3.63, 3.8) is 0 Å². The summed E-state index contributed by atoms with van der Waals surface area (Å²) in [4.78, 5) is 22.5. The van der Waals surface area contributed by atoms with Gasteiger partial charge in [-0.05, 0) is 18.6 Å². The maximum atomic E-state index is 13.1. The molecule has 4 heteroatoms. The van der Waals surface area contributed by atoms with E-state index in [1.807, 2.05) is 6.92 Å². The highest BCUT2D eigenvalue weighted by Crippen LogP contribution is 2.09. The molecule has 0 N–H and O–H groups in total. The van der Waals surface area contributed by atoms with Gasteiger partial charge in [-0.15, -0.1) is 0 Å². The molecule has 0 fully saturated rings. The Morgan fingerprint density at radius 1 is 1.31 bits per heavy atom. The van der Waals surface area contributed by atoms with Gasteiger partial charge in [-0.3, -0.25) is 4.79 Å². The van der Waals surface area contributed by atoms with Crippen LogP contribution in [0.25, 0.3) is 0 Å². The zero-order valence-corrected chi connectivity index (χ0v) is 9.03. The molecule has 16 heavy (non-hydrogen) atoms. The zero-order valence-electron chi connectivity index (χ0n) is 9.03. The predicted octanol–water partition coefficient (Wildman–Crippen LogP) is 2.70. The number of benzene rings is 1. The second-order valence-corrected chi connectivity index (χ2v) is 3.34. The third-order valence-corrected chi connectivity index (χ3v) is 2.03. The van der Waals surface area contributed by atoms with Crippen molar-refractivity contribution < 1.29 is 18.7 Å². The first kappa shape index (κ1) is 12.4. The van der Waals surface area contributed by atoms with E-state index < -0.39 is 17.8 Å². The maximum Gasteiger partial charge on any atom is 0.348 e. The standard InChI is InChI=1S/C12H13FO3/c1-2-3-8-11(14)16-12(15)9-6-4-5-7-10(9)13/h4-7H,2-3,8H2,1H3. The van der Waals surface area contributed by atoms with Crippen molar-refractivity contribution in [3.05, 3.63) is 35.6 Å². The highest BCUT2D eigenvalue weighted by Gasteiger charge is 2.15. The number of unbranched alkanes of at least 4 members (excludes halogenated alkanes) is 1. The minimum atomic E-state index is -0.931. The lowest BCUT2D eigenvalue weighted by molar-refractivity contribution is -0.138. The normalized spacial score (nSPS) is 9.88. The van der Waals surface area contributed by atoms with E-state index in [0.717, 1.165) is 12.5 Å². The van der Waals surface area contributed by atoms with E-state index in [4.69, 9.17) is 0 Å². The molecule has 0 aliphatic rings. The van der Waals surface area contributed by atoms with E-state index in [9.17, 15) is 14.0 Å². The van der Waals surface area contributed by atoms with Gasteiger partial charge in [0.15, 0.2) is 0 Å². The molecule has 1 aromatic rings. The summed E-state index contributed by atoms with van der Waals surface area (Å²) in [7, 11) is 0. The fourth-order valence-electron chi connectivity index (χ4n) is 1.16. The van der Waals surface area contributed by atoms with Crippen molar-refractivity contribution in [1.82, 2.24) is 0 Å². The van der Waals surface area contributed by atoms with Crippen LogP contribution in [-0.2, 0) is 9.53 Å². The summed E-state index contributed by atoms with van der Waals surface area (Å²) >= 11 is 0. The topological polar surface area (TPSA) is 43.4 Å². The summed E-state index contributed by atoms with van der Waals surface area (Å²) in [5.74, 6) is -2.23. The lowest BCUT2D eigenvalue weighted by atomic mass is 10.2. The summed E-state index contributed by atoms with van der Waals surface area (Å²) in [5.41, 5.74) is -0.215. The monoisotopic (exact) mass is 224 g/mol. The molecule has 0 saturated carbocycles. The van der Waals surface area contributed by atoms with Crippen LogP contribution in [-0.4, -0.2) is 11.9 Å². The molecule has 0 aliphatic heterocycles. The Morgan fingerprint density at radius 3 is 2.62 bits per heavy atom. The Hall–Kier alpha value is -1.71. The minimum Gasteiger partial charge on any atom is -0.389 e. The molecule has 0 bridgehead atoms. The smallest absolute Gasteiger partial charge is 0.348 e. The Morgan fingerprint density at radius 2 is 2.00 bits per heavy atom. The van der Waals surface area contributed by atoms with Crippen LogP contribution in [0.15, 0.2) is 24.3 Å². The summed E-state index contributed by atoms with van der Waals surface area (Å²) < 4.78 is 17.6. The Bertz CT molecular complexity index is 388. The molecule has 0 amide bonds. The molecule has 3 nitrogen and oxygen atoms in total. The highest BCUT2D eigenvalue weighted by molar-refractivity contribution is 5.96. The summed E-state index contributed by atoms with van der Waals surface area (Å²) in [6.45, 7) is 1.92. The number of halogens is 1. The van der Waals surface area contributed by atoms with Gasteiger partial charge in [0.1, 0.15) is 5.82 Å². The zero-order chi connectivity index (χ0) is 12.0. The van der Waals surface area contributed by atoms with Gasteiger partial charge in [0.05, 0.1) is 5.56 Å². The van der Waals surface area contributed by atoms with Crippen LogP contribution in [0.1, 0.15) is 36.5 Å². The molecule has 0 heterocycles. The van der Waals surface area contributed by atoms with E-state index in [2.05, 4.69) is 4.74 Å². The van der Waals surface area contributed by atoms with E-state index in [0.29, 0.717) is 6.42 Å². The molecule has 1 rings (SSSR count). The number of carbonyl (C=O) groups excluding carboxylic acids is 2. The number of carbonyl (C=O) groups is 2. The lowest BCUT2D eigenvalue weighted by Crippen LogP contribution is -2.13. The third kappa shape index (κ3) is 3.46. The molecular weight excluding hydrogens is 211 g/mol. The molecule has 0 saturated heterocycles. The first-order valence-corrected chi connectivity index (χ1v) is 5.14. The van der Waals surface area contributed by atoms with Crippen molar-refractivity contribution in [2.45, 2.75) is 26.2 Å². The molecule has 0 spiro atoms. The summed E-state index contributed by atoms with van der Waals surface area (Å²) in [6.07, 6.45) is 1.67. The second kappa shape index (κ2) is 6.00. The number of ether oxygens (including phenoxy) is 1. The van der Waals surface area contributed by atoms with Crippen LogP contribution in [0.3, 0.4) is 0 Å². The maximum absolute atomic E-state index is 13.1. The highest BCUT2D eigenvalue weighted by atomic mass is 19.1. The Labute approximate surface area is 93.2 Å². The van der Waals surface area contributed by atoms with Gasteiger partial charge in [0.25, 0.3) is 0 Å². The Balaban J connectivity index is 2.59. The largest absolute Gasteiger partial charge is 0.389 e. The molecular formula is C12H13FO3. The van der Waals surface area contributed by atoms with E-state index >= 15 is 0 Å². The van der Waals surface area contributed by atoms with Gasteiger partial charge >= 0.3 is 11.9 Å². The number of hydrogen-bond acceptors (Lipinski definition) is 3. The van der Waals surface area contributed by atoms with Crippen molar-refractivity contribution in [3.8, 4) is 0 Å². The van der Waals surface area contributed by atoms with Crippen LogP contribution in [0, 0.1) is 5.82 Å². The molecule has 0 atom stereocenters. The van der Waals surface area contributed by atoms with Crippen LogP contribution >= 0.6 is 0 Å². The van der Waals surface area contributed by atoms with E-state index in [1.165, 1.54) is 18.2 Å². The summed E-state index contributed by atoms with van der Waals surface area (Å²) in [5, 5.41) is 0. The first-order valence-electron chi connectivity index (χ1n) is 5.14. The molecule has 1 aromatic carbocycles. The molecule has 0 aromatic heterocycles. The molecule has 0 unspecified atom stereocenters. The van der Waals surface area contributed by atoms with Crippen LogP contribution in [0.2, 0.25) is 0 Å². The average molecular weight is 224 g/mol. The quantitative estimate of drug-likeness (QED) is 0.583. The molecule has 0 radical (unpaired) electrons. The number of hydrogen-bond donors (Lipinski definition) is 0. The van der Waals surface area contributed by atoms with Gasteiger partial charge in [-0.2, -0.15) is 0 Å². The van der Waals surface area contributed by atoms with E-state index in [1.54, 1.807) is 0 Å². The fourth-order valence-corrected chi connectivity index (χ4v) is 1.16. The second-order valence-electron chi connectivity index (χ2n) is 3.34.